The Bertz CT molecular complexity index is 383. The number of rotatable bonds is 4. The zero-order valence-corrected chi connectivity index (χ0v) is 11.0. The van der Waals surface area contributed by atoms with E-state index in [9.17, 15) is 9.59 Å². The first-order valence-corrected chi connectivity index (χ1v) is 7.19. The smallest absolute Gasteiger partial charge is 0.326 e. The number of hydrogen-bond acceptors (Lipinski definition) is 3. The van der Waals surface area contributed by atoms with Crippen molar-refractivity contribution in [3.63, 3.8) is 0 Å². The summed E-state index contributed by atoms with van der Waals surface area (Å²) in [6, 6.07) is -0.412. The van der Waals surface area contributed by atoms with E-state index < -0.39 is 12.0 Å². The molecule has 0 aromatic rings. The molecule has 0 aromatic heterocycles. The summed E-state index contributed by atoms with van der Waals surface area (Å²) in [4.78, 5) is 25.4. The summed E-state index contributed by atoms with van der Waals surface area (Å²) in [5.74, 6) is -0.804. The van der Waals surface area contributed by atoms with Crippen molar-refractivity contribution in [1.82, 2.24) is 15.5 Å². The second-order valence-electron chi connectivity index (χ2n) is 5.91. The molecule has 0 bridgehead atoms. The number of aliphatic carboxylic acids is 1. The average molecular weight is 267 g/mol. The number of nitrogens with zero attached hydrogens (tertiary/aromatic N) is 1. The van der Waals surface area contributed by atoms with Gasteiger partial charge in [-0.2, -0.15) is 0 Å². The zero-order valence-electron chi connectivity index (χ0n) is 11.0. The third-order valence-corrected chi connectivity index (χ3v) is 4.57. The molecule has 3 aliphatic rings. The fourth-order valence-corrected chi connectivity index (χ4v) is 3.41. The molecule has 19 heavy (non-hydrogen) atoms. The molecule has 2 heterocycles. The van der Waals surface area contributed by atoms with Gasteiger partial charge in [-0.1, -0.05) is 0 Å². The van der Waals surface area contributed by atoms with Crippen molar-refractivity contribution in [1.29, 1.82) is 0 Å². The van der Waals surface area contributed by atoms with E-state index >= 15 is 0 Å². The fourth-order valence-electron chi connectivity index (χ4n) is 3.41. The second kappa shape index (κ2) is 5.00. The lowest BCUT2D eigenvalue weighted by atomic mass is 10.1. The maximum Gasteiger partial charge on any atom is 0.326 e. The lowest BCUT2D eigenvalue weighted by Gasteiger charge is -2.22. The molecule has 0 aromatic carbocycles. The quantitative estimate of drug-likeness (QED) is 0.688. The van der Waals surface area contributed by atoms with Gasteiger partial charge in [0.1, 0.15) is 6.04 Å². The zero-order chi connectivity index (χ0) is 13.4. The van der Waals surface area contributed by atoms with Gasteiger partial charge >= 0.3 is 12.0 Å². The van der Waals surface area contributed by atoms with Gasteiger partial charge in [-0.15, -0.1) is 0 Å². The van der Waals surface area contributed by atoms with Gasteiger partial charge in [0.25, 0.3) is 0 Å². The van der Waals surface area contributed by atoms with Crippen LogP contribution in [0.25, 0.3) is 0 Å². The SMILES string of the molecule is O=C(NC1CCN2CCCC12)NC(C(=O)O)C1CC1. The first-order valence-electron chi connectivity index (χ1n) is 7.19. The Hall–Kier alpha value is -1.30. The van der Waals surface area contributed by atoms with Crippen LogP contribution in [0.2, 0.25) is 0 Å². The molecule has 3 fully saturated rings. The van der Waals surface area contributed by atoms with Gasteiger partial charge in [0.05, 0.1) is 0 Å². The highest BCUT2D eigenvalue weighted by Gasteiger charge is 2.40. The molecular weight excluding hydrogens is 246 g/mol. The predicted molar refractivity (Wildman–Crippen MR) is 68.8 cm³/mol. The molecule has 3 N–H and O–H groups in total. The van der Waals surface area contributed by atoms with Crippen LogP contribution >= 0.6 is 0 Å². The van der Waals surface area contributed by atoms with Crippen molar-refractivity contribution < 1.29 is 14.7 Å². The first kappa shape index (κ1) is 12.7. The highest BCUT2D eigenvalue weighted by Crippen LogP contribution is 2.33. The Kier molecular flexibility index (Phi) is 3.35. The molecule has 6 nitrogen and oxygen atoms in total. The third-order valence-electron chi connectivity index (χ3n) is 4.57. The van der Waals surface area contributed by atoms with Crippen LogP contribution < -0.4 is 10.6 Å². The molecule has 0 radical (unpaired) electrons. The summed E-state index contributed by atoms with van der Waals surface area (Å²) in [5, 5.41) is 14.7. The van der Waals surface area contributed by atoms with Crippen molar-refractivity contribution >= 4 is 12.0 Å². The van der Waals surface area contributed by atoms with Crippen LogP contribution in [0.5, 0.6) is 0 Å². The van der Waals surface area contributed by atoms with Gasteiger partial charge in [0.15, 0.2) is 0 Å². The van der Waals surface area contributed by atoms with Crippen molar-refractivity contribution in [3.05, 3.63) is 0 Å². The second-order valence-corrected chi connectivity index (χ2v) is 5.91. The highest BCUT2D eigenvalue weighted by molar-refractivity contribution is 5.83. The number of nitrogens with one attached hydrogen (secondary N) is 2. The molecule has 3 atom stereocenters. The maximum absolute atomic E-state index is 11.9. The molecule has 6 heteroatoms. The number of carbonyl (C=O) groups excluding carboxylic acids is 1. The van der Waals surface area contributed by atoms with E-state index in [-0.39, 0.29) is 18.0 Å². The Morgan fingerprint density at radius 3 is 2.63 bits per heavy atom. The van der Waals surface area contributed by atoms with Gasteiger partial charge < -0.3 is 15.7 Å². The number of carboxylic acids is 1. The number of carboxylic acid groups (broad SMARTS) is 1. The molecule has 1 aliphatic carbocycles. The van der Waals surface area contributed by atoms with Crippen LogP contribution in [0.3, 0.4) is 0 Å². The Balaban J connectivity index is 1.52. The molecular formula is C13H21N3O3. The van der Waals surface area contributed by atoms with Crippen LogP contribution in [-0.2, 0) is 4.79 Å². The Morgan fingerprint density at radius 1 is 1.16 bits per heavy atom. The summed E-state index contributed by atoms with van der Waals surface area (Å²) in [6.45, 7) is 2.17. The molecule has 1 saturated carbocycles. The van der Waals surface area contributed by atoms with E-state index in [0.29, 0.717) is 6.04 Å². The van der Waals surface area contributed by atoms with Crippen LogP contribution in [0.4, 0.5) is 4.79 Å². The van der Waals surface area contributed by atoms with E-state index in [1.807, 2.05) is 0 Å². The molecule has 106 valence electrons. The lowest BCUT2D eigenvalue weighted by molar-refractivity contribution is -0.139. The van der Waals surface area contributed by atoms with Gasteiger partial charge in [-0.3, -0.25) is 4.90 Å². The van der Waals surface area contributed by atoms with E-state index in [1.165, 1.54) is 6.42 Å². The molecule has 2 saturated heterocycles. The van der Waals surface area contributed by atoms with Crippen LogP contribution in [-0.4, -0.2) is 53.2 Å². The number of urea groups is 1. The molecule has 2 aliphatic heterocycles. The van der Waals surface area contributed by atoms with E-state index in [2.05, 4.69) is 15.5 Å². The van der Waals surface area contributed by atoms with Crippen molar-refractivity contribution in [2.75, 3.05) is 13.1 Å². The summed E-state index contributed by atoms with van der Waals surface area (Å²) in [6.07, 6.45) is 5.10. The maximum atomic E-state index is 11.9. The monoisotopic (exact) mass is 267 g/mol. The van der Waals surface area contributed by atoms with E-state index in [1.54, 1.807) is 0 Å². The van der Waals surface area contributed by atoms with Gasteiger partial charge in [0.2, 0.25) is 0 Å². The van der Waals surface area contributed by atoms with Gasteiger partial charge in [0, 0.05) is 18.6 Å². The largest absolute Gasteiger partial charge is 0.480 e. The lowest BCUT2D eigenvalue weighted by Crippen LogP contribution is -2.52. The normalized spacial score (nSPS) is 31.8. The van der Waals surface area contributed by atoms with E-state index in [0.717, 1.165) is 38.8 Å². The Labute approximate surface area is 112 Å². The minimum absolute atomic E-state index is 0.120. The summed E-state index contributed by atoms with van der Waals surface area (Å²) in [7, 11) is 0. The highest BCUT2D eigenvalue weighted by atomic mass is 16.4. The predicted octanol–water partition coefficient (Wildman–Crippen LogP) is 0.385. The van der Waals surface area contributed by atoms with Crippen molar-refractivity contribution in [2.45, 2.75) is 50.2 Å². The molecule has 0 spiro atoms. The van der Waals surface area contributed by atoms with Crippen LogP contribution in [0, 0.1) is 5.92 Å². The number of fused-ring (bicyclic) bond motifs is 1. The third kappa shape index (κ3) is 2.68. The van der Waals surface area contributed by atoms with Gasteiger partial charge in [-0.05, 0) is 44.6 Å². The van der Waals surface area contributed by atoms with Crippen molar-refractivity contribution in [3.8, 4) is 0 Å². The minimum atomic E-state index is -0.924. The van der Waals surface area contributed by atoms with E-state index in [4.69, 9.17) is 5.11 Å². The molecule has 2 amide bonds. The topological polar surface area (TPSA) is 81.7 Å². The molecule has 3 rings (SSSR count). The Morgan fingerprint density at radius 2 is 1.95 bits per heavy atom. The number of amides is 2. The summed E-state index contributed by atoms with van der Waals surface area (Å²) in [5.41, 5.74) is 0. The minimum Gasteiger partial charge on any atom is -0.480 e. The van der Waals surface area contributed by atoms with Crippen LogP contribution in [0.1, 0.15) is 32.1 Å². The summed E-state index contributed by atoms with van der Waals surface area (Å²) >= 11 is 0. The van der Waals surface area contributed by atoms with Crippen molar-refractivity contribution in [2.24, 2.45) is 5.92 Å². The summed E-state index contributed by atoms with van der Waals surface area (Å²) < 4.78 is 0. The first-order chi connectivity index (χ1) is 9.15. The standard InChI is InChI=1S/C13H21N3O3/c17-12(18)11(8-3-4-8)15-13(19)14-9-5-7-16-6-1-2-10(9)16/h8-11H,1-7H2,(H,17,18)(H2,14,15,19). The molecule has 3 unspecified atom stereocenters. The number of hydrogen-bond donors (Lipinski definition) is 3. The average Bonchev–Trinajstić information content (AvgIpc) is 2.96. The van der Waals surface area contributed by atoms with Gasteiger partial charge in [-0.25, -0.2) is 9.59 Å². The fraction of sp³-hybridized carbons (Fsp3) is 0.846. The number of carbonyl (C=O) groups is 2. The van der Waals surface area contributed by atoms with Crippen LogP contribution in [0.15, 0.2) is 0 Å².